The van der Waals surface area contributed by atoms with Crippen LogP contribution in [-0.2, 0) is 4.79 Å². The quantitative estimate of drug-likeness (QED) is 0.502. The van der Waals surface area contributed by atoms with Crippen molar-refractivity contribution in [2.45, 2.75) is 19.6 Å². The van der Waals surface area contributed by atoms with Crippen molar-refractivity contribution in [1.29, 1.82) is 0 Å². The van der Waals surface area contributed by atoms with E-state index in [1.165, 1.54) is 0 Å². The van der Waals surface area contributed by atoms with Crippen molar-refractivity contribution in [3.05, 3.63) is 0 Å². The molecule has 0 aromatic carbocycles. The summed E-state index contributed by atoms with van der Waals surface area (Å²) in [6.45, 7) is 6.75. The molecule has 68 valence electrons. The first-order valence-electron chi connectivity index (χ1n) is 3.97. The van der Waals surface area contributed by atoms with Gasteiger partial charge in [0.15, 0.2) is 0 Å². The number of nitrogens with one attached hydrogen (secondary N) is 1. The summed E-state index contributed by atoms with van der Waals surface area (Å²) in [5.41, 5.74) is 0. The Hall–Kier alpha value is -0.843. The highest BCUT2D eigenvalue weighted by Gasteiger charge is 2.30. The molecule has 1 rings (SSSR count). The zero-order chi connectivity index (χ0) is 9.35. The van der Waals surface area contributed by atoms with Crippen molar-refractivity contribution in [2.75, 3.05) is 12.7 Å². The monoisotopic (exact) mass is 186 g/mol. The highest BCUT2D eigenvalue weighted by Crippen LogP contribution is 2.06. The van der Waals surface area contributed by atoms with E-state index in [9.17, 15) is 9.59 Å². The summed E-state index contributed by atoms with van der Waals surface area (Å²) in [5.74, 6) is -0.182. The zero-order valence-electron chi connectivity index (χ0n) is 7.68. The van der Waals surface area contributed by atoms with E-state index in [0.29, 0.717) is 0 Å². The molecule has 1 aliphatic rings. The van der Waals surface area contributed by atoms with Crippen molar-refractivity contribution in [2.24, 2.45) is 0 Å². The fourth-order valence-corrected chi connectivity index (χ4v) is 2.58. The third-order valence-corrected chi connectivity index (χ3v) is 2.86. The van der Waals surface area contributed by atoms with Gasteiger partial charge in [0.1, 0.15) is 6.54 Å². The Morgan fingerprint density at radius 3 is 2.33 bits per heavy atom. The maximum absolute atomic E-state index is 11.1. The van der Waals surface area contributed by atoms with Crippen molar-refractivity contribution in [1.82, 2.24) is 10.2 Å². The van der Waals surface area contributed by atoms with Gasteiger partial charge in [0.05, 0.1) is 8.07 Å². The van der Waals surface area contributed by atoms with Gasteiger partial charge in [-0.2, -0.15) is 0 Å². The molecule has 0 aliphatic carbocycles. The average Bonchev–Trinajstić information content (AvgIpc) is 2.06. The van der Waals surface area contributed by atoms with Gasteiger partial charge in [-0.05, 0) is 0 Å². The maximum Gasteiger partial charge on any atom is 0.324 e. The average molecular weight is 186 g/mol. The lowest BCUT2D eigenvalue weighted by Crippen LogP contribution is -2.41. The molecule has 0 bridgehead atoms. The van der Waals surface area contributed by atoms with Crippen LogP contribution in [0.1, 0.15) is 0 Å². The van der Waals surface area contributed by atoms with Crippen LogP contribution in [-0.4, -0.2) is 37.6 Å². The Morgan fingerprint density at radius 2 is 2.00 bits per heavy atom. The fourth-order valence-electron chi connectivity index (χ4n) is 1.18. The predicted octanol–water partition coefficient (Wildman–Crippen LogP) is 0.416. The van der Waals surface area contributed by atoms with E-state index in [2.05, 4.69) is 25.0 Å². The summed E-state index contributed by atoms with van der Waals surface area (Å²) in [5, 5.41) is 2.26. The first kappa shape index (κ1) is 9.25. The molecule has 0 aromatic heterocycles. The van der Waals surface area contributed by atoms with Gasteiger partial charge in [-0.15, -0.1) is 0 Å². The normalized spacial score (nSPS) is 18.4. The molecule has 0 atom stereocenters. The van der Waals surface area contributed by atoms with E-state index >= 15 is 0 Å². The van der Waals surface area contributed by atoms with Crippen LogP contribution < -0.4 is 5.32 Å². The Balaban J connectivity index is 2.54. The highest BCUT2D eigenvalue weighted by atomic mass is 28.3. The Morgan fingerprint density at radius 1 is 1.42 bits per heavy atom. The maximum atomic E-state index is 11.1. The lowest BCUT2D eigenvalue weighted by molar-refractivity contribution is -0.118. The molecule has 1 fully saturated rings. The lowest BCUT2D eigenvalue weighted by Gasteiger charge is -2.22. The summed E-state index contributed by atoms with van der Waals surface area (Å²) in [7, 11) is -1.28. The third kappa shape index (κ3) is 2.33. The minimum absolute atomic E-state index is 0.182. The summed E-state index contributed by atoms with van der Waals surface area (Å²) in [6, 6.07) is -0.234. The SMILES string of the molecule is C[Si](C)(C)CN1CC(=O)NC1=O. The van der Waals surface area contributed by atoms with Gasteiger partial charge in [0.25, 0.3) is 0 Å². The second-order valence-corrected chi connectivity index (χ2v) is 9.71. The van der Waals surface area contributed by atoms with Gasteiger partial charge in [-0.1, -0.05) is 19.6 Å². The summed E-state index contributed by atoms with van der Waals surface area (Å²) < 4.78 is 0. The molecular weight excluding hydrogens is 172 g/mol. The Labute approximate surface area is 72.9 Å². The Kier molecular flexibility index (Phi) is 2.23. The lowest BCUT2D eigenvalue weighted by atomic mass is 10.6. The number of amides is 3. The molecule has 3 amide bonds. The summed E-state index contributed by atoms with van der Waals surface area (Å²) >= 11 is 0. The van der Waals surface area contributed by atoms with Crippen LogP contribution in [0.4, 0.5) is 4.79 Å². The molecule has 1 heterocycles. The van der Waals surface area contributed by atoms with Crippen LogP contribution in [0, 0.1) is 0 Å². The highest BCUT2D eigenvalue weighted by molar-refractivity contribution is 6.76. The molecule has 1 saturated heterocycles. The number of urea groups is 1. The fraction of sp³-hybridized carbons (Fsp3) is 0.714. The molecule has 0 radical (unpaired) electrons. The van der Waals surface area contributed by atoms with Gasteiger partial charge < -0.3 is 4.90 Å². The van der Waals surface area contributed by atoms with Crippen molar-refractivity contribution >= 4 is 20.0 Å². The molecule has 1 aliphatic heterocycles. The number of imide groups is 1. The molecule has 4 nitrogen and oxygen atoms in total. The van der Waals surface area contributed by atoms with Crippen molar-refractivity contribution in [3.8, 4) is 0 Å². The minimum Gasteiger partial charge on any atom is -0.318 e. The van der Waals surface area contributed by atoms with Gasteiger partial charge in [-0.25, -0.2) is 4.79 Å². The van der Waals surface area contributed by atoms with Crippen LogP contribution in [0.2, 0.25) is 19.6 Å². The van der Waals surface area contributed by atoms with Gasteiger partial charge in [-0.3, -0.25) is 10.1 Å². The molecular formula is C7H14N2O2Si. The molecule has 0 unspecified atom stereocenters. The van der Waals surface area contributed by atoms with Crippen LogP contribution >= 0.6 is 0 Å². The first-order valence-corrected chi connectivity index (χ1v) is 7.68. The van der Waals surface area contributed by atoms with Crippen molar-refractivity contribution in [3.63, 3.8) is 0 Å². The van der Waals surface area contributed by atoms with E-state index < -0.39 is 8.07 Å². The standard InChI is InChI=1S/C7H14N2O2Si/c1-12(2,3)5-9-4-6(10)8-7(9)11/h4-5H2,1-3H3,(H,8,10,11). The largest absolute Gasteiger partial charge is 0.324 e. The summed E-state index contributed by atoms with van der Waals surface area (Å²) in [6.07, 6.45) is 0.755. The number of hydrogen-bond donors (Lipinski definition) is 1. The second kappa shape index (κ2) is 2.89. The third-order valence-electron chi connectivity index (χ3n) is 1.53. The number of nitrogens with zero attached hydrogens (tertiary/aromatic N) is 1. The van der Waals surface area contributed by atoms with Crippen LogP contribution in [0.15, 0.2) is 0 Å². The van der Waals surface area contributed by atoms with Gasteiger partial charge in [0.2, 0.25) is 5.91 Å². The topological polar surface area (TPSA) is 49.4 Å². The summed E-state index contributed by atoms with van der Waals surface area (Å²) in [4.78, 5) is 23.5. The molecule has 12 heavy (non-hydrogen) atoms. The molecule has 0 spiro atoms. The number of rotatable bonds is 2. The Bertz CT molecular complexity index is 222. The molecule has 0 aromatic rings. The van der Waals surface area contributed by atoms with Gasteiger partial charge >= 0.3 is 6.03 Å². The number of hydrogen-bond acceptors (Lipinski definition) is 2. The van der Waals surface area contributed by atoms with Gasteiger partial charge in [0, 0.05) is 6.17 Å². The van der Waals surface area contributed by atoms with E-state index in [1.54, 1.807) is 4.90 Å². The second-order valence-electron chi connectivity index (χ2n) is 4.27. The van der Waals surface area contributed by atoms with Crippen molar-refractivity contribution < 1.29 is 9.59 Å². The predicted molar refractivity (Wildman–Crippen MR) is 48.5 cm³/mol. The van der Waals surface area contributed by atoms with E-state index in [0.717, 1.165) is 6.17 Å². The first-order chi connectivity index (χ1) is 5.38. The van der Waals surface area contributed by atoms with E-state index in [4.69, 9.17) is 0 Å². The van der Waals surface area contributed by atoms with Crippen LogP contribution in [0.5, 0.6) is 0 Å². The number of carbonyl (C=O) groups is 2. The molecule has 0 saturated carbocycles. The molecule has 1 N–H and O–H groups in total. The number of carbonyl (C=O) groups excluding carboxylic acids is 2. The van der Waals surface area contributed by atoms with E-state index in [1.807, 2.05) is 0 Å². The van der Waals surface area contributed by atoms with Crippen LogP contribution in [0.3, 0.4) is 0 Å². The zero-order valence-corrected chi connectivity index (χ0v) is 8.68. The minimum atomic E-state index is -1.28. The molecule has 5 heteroatoms. The van der Waals surface area contributed by atoms with E-state index in [-0.39, 0.29) is 18.5 Å². The smallest absolute Gasteiger partial charge is 0.318 e. The van der Waals surface area contributed by atoms with Crippen LogP contribution in [0.25, 0.3) is 0 Å².